The zero-order valence-electron chi connectivity index (χ0n) is 11.2. The lowest BCUT2D eigenvalue weighted by molar-refractivity contribution is 0.463. The number of pyridine rings is 1. The van der Waals surface area contributed by atoms with Crippen LogP contribution < -0.4 is 4.72 Å². The van der Waals surface area contributed by atoms with E-state index in [4.69, 9.17) is 0 Å². The third-order valence-electron chi connectivity index (χ3n) is 2.46. The number of hydrogen-bond donors (Lipinski definition) is 1. The molecule has 0 aromatic carbocycles. The van der Waals surface area contributed by atoms with Gasteiger partial charge < -0.3 is 0 Å². The number of rotatable bonds is 4. The van der Waals surface area contributed by atoms with Crippen LogP contribution in [0.25, 0.3) is 0 Å². The summed E-state index contributed by atoms with van der Waals surface area (Å²) in [6.07, 6.45) is 1.77. The molecule has 1 N–H and O–H groups in total. The van der Waals surface area contributed by atoms with E-state index >= 15 is 0 Å². The molecule has 4 heteroatoms. The molecule has 0 fully saturated rings. The predicted octanol–water partition coefficient (Wildman–Crippen LogP) is 2.83. The van der Waals surface area contributed by atoms with E-state index in [1.54, 1.807) is 6.20 Å². The van der Waals surface area contributed by atoms with Crippen LogP contribution in [0.5, 0.6) is 0 Å². The number of hydrogen-bond acceptors (Lipinski definition) is 2. The van der Waals surface area contributed by atoms with Crippen LogP contribution in [0.15, 0.2) is 24.4 Å². The summed E-state index contributed by atoms with van der Waals surface area (Å²) in [7, 11) is -1.08. The van der Waals surface area contributed by atoms with E-state index in [9.17, 15) is 4.21 Å². The topological polar surface area (TPSA) is 42.0 Å². The summed E-state index contributed by atoms with van der Waals surface area (Å²) in [6.45, 7) is 10.1. The number of aromatic nitrogens is 1. The van der Waals surface area contributed by atoms with Crippen molar-refractivity contribution < 1.29 is 4.21 Å². The van der Waals surface area contributed by atoms with Gasteiger partial charge in [0.2, 0.25) is 0 Å². The minimum Gasteiger partial charge on any atom is -0.260 e. The normalized spacial score (nSPS) is 15.9. The molecule has 3 nitrogen and oxygen atoms in total. The molecule has 17 heavy (non-hydrogen) atoms. The highest BCUT2D eigenvalue weighted by atomic mass is 32.2. The first-order valence-electron chi connectivity index (χ1n) is 5.91. The standard InChI is InChI=1S/C13H22N2OS/c1-10(2)12(11-8-6-7-9-14-11)15-17(16)13(3,4)5/h6-10,12,15H,1-5H3/t12-,17?/m0/s1. The van der Waals surface area contributed by atoms with Gasteiger partial charge in [-0.25, -0.2) is 8.93 Å². The third-order valence-corrected chi connectivity index (χ3v) is 4.04. The van der Waals surface area contributed by atoms with Gasteiger partial charge in [-0.05, 0) is 38.8 Å². The van der Waals surface area contributed by atoms with Crippen LogP contribution in [0.3, 0.4) is 0 Å². The van der Waals surface area contributed by atoms with Gasteiger partial charge in [0.15, 0.2) is 0 Å². The van der Waals surface area contributed by atoms with Crippen molar-refractivity contribution in [3.05, 3.63) is 30.1 Å². The quantitative estimate of drug-likeness (QED) is 0.897. The molecule has 1 unspecified atom stereocenters. The Kier molecular flexibility index (Phi) is 4.83. The van der Waals surface area contributed by atoms with Crippen LogP contribution in [0.1, 0.15) is 46.4 Å². The Morgan fingerprint density at radius 3 is 2.35 bits per heavy atom. The Bertz CT molecular complexity index is 371. The maximum atomic E-state index is 12.1. The molecule has 0 saturated carbocycles. The molecule has 96 valence electrons. The summed E-state index contributed by atoms with van der Waals surface area (Å²) in [5.74, 6) is 0.344. The minimum absolute atomic E-state index is 0.0243. The maximum absolute atomic E-state index is 12.1. The molecule has 0 bridgehead atoms. The highest BCUT2D eigenvalue weighted by Gasteiger charge is 2.25. The Morgan fingerprint density at radius 2 is 1.94 bits per heavy atom. The molecule has 1 aromatic heterocycles. The smallest absolute Gasteiger partial charge is 0.0976 e. The fraction of sp³-hybridized carbons (Fsp3) is 0.615. The number of nitrogens with zero attached hydrogens (tertiary/aromatic N) is 1. The van der Waals surface area contributed by atoms with E-state index < -0.39 is 11.0 Å². The molecule has 0 saturated heterocycles. The van der Waals surface area contributed by atoms with Crippen LogP contribution in [-0.4, -0.2) is 13.9 Å². The number of nitrogens with one attached hydrogen (secondary N) is 1. The molecule has 0 aliphatic carbocycles. The zero-order valence-corrected chi connectivity index (χ0v) is 12.0. The largest absolute Gasteiger partial charge is 0.260 e. The lowest BCUT2D eigenvalue weighted by Crippen LogP contribution is -2.37. The molecule has 1 heterocycles. The van der Waals surface area contributed by atoms with Crippen molar-refractivity contribution in [1.82, 2.24) is 9.71 Å². The van der Waals surface area contributed by atoms with Crippen LogP contribution in [0.2, 0.25) is 0 Å². The van der Waals surface area contributed by atoms with E-state index in [0.717, 1.165) is 5.69 Å². The zero-order chi connectivity index (χ0) is 13.1. The van der Waals surface area contributed by atoms with E-state index in [1.165, 1.54) is 0 Å². The van der Waals surface area contributed by atoms with Crippen LogP contribution in [0.4, 0.5) is 0 Å². The van der Waals surface area contributed by atoms with Crippen molar-refractivity contribution in [2.75, 3.05) is 0 Å². The molecule has 0 aliphatic heterocycles. The predicted molar refractivity (Wildman–Crippen MR) is 72.8 cm³/mol. The van der Waals surface area contributed by atoms with Crippen molar-refractivity contribution in [3.63, 3.8) is 0 Å². The Hall–Kier alpha value is -0.740. The average Bonchev–Trinajstić information content (AvgIpc) is 2.25. The van der Waals surface area contributed by atoms with Crippen molar-refractivity contribution >= 4 is 11.0 Å². The fourth-order valence-electron chi connectivity index (χ4n) is 1.39. The van der Waals surface area contributed by atoms with Crippen LogP contribution >= 0.6 is 0 Å². The van der Waals surface area contributed by atoms with Crippen LogP contribution in [-0.2, 0) is 11.0 Å². The summed E-state index contributed by atoms with van der Waals surface area (Å²) in [6, 6.07) is 5.84. The summed E-state index contributed by atoms with van der Waals surface area (Å²) >= 11 is 0. The van der Waals surface area contributed by atoms with Crippen molar-refractivity contribution in [1.29, 1.82) is 0 Å². The van der Waals surface area contributed by atoms with Gasteiger partial charge in [0.25, 0.3) is 0 Å². The Morgan fingerprint density at radius 1 is 1.29 bits per heavy atom. The van der Waals surface area contributed by atoms with Crippen LogP contribution in [0, 0.1) is 5.92 Å². The molecule has 0 aliphatic rings. The molecule has 0 amide bonds. The average molecular weight is 254 g/mol. The van der Waals surface area contributed by atoms with Gasteiger partial charge in [-0.15, -0.1) is 0 Å². The SMILES string of the molecule is CC(C)[C@H](NS(=O)C(C)(C)C)c1ccccn1. The molecule has 2 atom stereocenters. The summed E-state index contributed by atoms with van der Waals surface area (Å²) in [4.78, 5) is 4.34. The van der Waals surface area contributed by atoms with E-state index in [2.05, 4.69) is 23.6 Å². The van der Waals surface area contributed by atoms with Gasteiger partial charge in [0, 0.05) is 6.20 Å². The van der Waals surface area contributed by atoms with Gasteiger partial charge in [0.1, 0.15) is 0 Å². The Balaban J connectivity index is 2.86. The third kappa shape index (κ3) is 4.21. The maximum Gasteiger partial charge on any atom is 0.0976 e. The minimum atomic E-state index is -1.08. The van der Waals surface area contributed by atoms with E-state index in [-0.39, 0.29) is 10.8 Å². The fourth-order valence-corrected chi connectivity index (χ4v) is 2.37. The van der Waals surface area contributed by atoms with Gasteiger partial charge in [-0.1, -0.05) is 19.9 Å². The molecular formula is C13H22N2OS. The molecule has 0 radical (unpaired) electrons. The molecule has 1 aromatic rings. The first-order valence-corrected chi connectivity index (χ1v) is 7.06. The Labute approximate surface area is 107 Å². The van der Waals surface area contributed by atoms with Gasteiger partial charge in [-0.2, -0.15) is 0 Å². The molecule has 1 rings (SSSR count). The second-order valence-electron chi connectivity index (χ2n) is 5.48. The highest BCUT2D eigenvalue weighted by Crippen LogP contribution is 2.22. The van der Waals surface area contributed by atoms with Crippen molar-refractivity contribution in [2.45, 2.75) is 45.4 Å². The summed E-state index contributed by atoms with van der Waals surface area (Å²) in [5.41, 5.74) is 0.945. The van der Waals surface area contributed by atoms with Crippen molar-refractivity contribution in [2.24, 2.45) is 5.92 Å². The molecular weight excluding hydrogens is 232 g/mol. The van der Waals surface area contributed by atoms with Crippen molar-refractivity contribution in [3.8, 4) is 0 Å². The first kappa shape index (κ1) is 14.3. The lowest BCUT2D eigenvalue weighted by atomic mass is 10.0. The first-order chi connectivity index (χ1) is 7.82. The highest BCUT2D eigenvalue weighted by molar-refractivity contribution is 7.84. The second kappa shape index (κ2) is 5.74. The second-order valence-corrected chi connectivity index (χ2v) is 7.47. The summed E-state index contributed by atoms with van der Waals surface area (Å²) < 4.78 is 15.0. The van der Waals surface area contributed by atoms with Gasteiger partial charge in [-0.3, -0.25) is 4.98 Å². The lowest BCUT2D eigenvalue weighted by Gasteiger charge is -2.26. The van der Waals surface area contributed by atoms with Gasteiger partial charge >= 0.3 is 0 Å². The summed E-state index contributed by atoms with van der Waals surface area (Å²) in [5, 5.41) is 0. The van der Waals surface area contributed by atoms with Gasteiger partial charge in [0.05, 0.1) is 27.5 Å². The van der Waals surface area contributed by atoms with E-state index in [1.807, 2.05) is 39.0 Å². The monoisotopic (exact) mass is 254 g/mol. The molecule has 0 spiro atoms. The van der Waals surface area contributed by atoms with E-state index in [0.29, 0.717) is 5.92 Å².